The molecule has 36 heavy (non-hydrogen) atoms. The van der Waals surface area contributed by atoms with Crippen LogP contribution >= 0.6 is 0 Å². The topological polar surface area (TPSA) is 74.7 Å². The summed E-state index contributed by atoms with van der Waals surface area (Å²) in [4.78, 5) is 20.2. The normalized spacial score (nSPS) is 18.8. The van der Waals surface area contributed by atoms with Gasteiger partial charge in [-0.1, -0.05) is 18.2 Å². The molecule has 2 aliphatic rings. The number of rotatable bonds is 4. The summed E-state index contributed by atoms with van der Waals surface area (Å²) in [5.74, 6) is 0. The van der Waals surface area contributed by atoms with Gasteiger partial charge in [-0.2, -0.15) is 0 Å². The van der Waals surface area contributed by atoms with Crippen molar-refractivity contribution in [3.8, 4) is 22.4 Å². The summed E-state index contributed by atoms with van der Waals surface area (Å²) in [5, 5.41) is 3.52. The zero-order valence-corrected chi connectivity index (χ0v) is 20.5. The van der Waals surface area contributed by atoms with E-state index in [2.05, 4.69) is 67.2 Å². The predicted molar refractivity (Wildman–Crippen MR) is 145 cm³/mol. The Kier molecular flexibility index (Phi) is 5.43. The first-order valence-corrected chi connectivity index (χ1v) is 13.2. The monoisotopic (exact) mass is 477 g/mol. The Balaban J connectivity index is 1.23. The highest BCUT2D eigenvalue weighted by Crippen LogP contribution is 2.32. The van der Waals surface area contributed by atoms with Gasteiger partial charge in [0, 0.05) is 48.7 Å². The third kappa shape index (κ3) is 3.84. The molecule has 2 N–H and O–H groups in total. The van der Waals surface area contributed by atoms with Crippen LogP contribution in [0.1, 0.15) is 38.1 Å². The lowest BCUT2D eigenvalue weighted by Gasteiger charge is -2.28. The number of nitrogens with one attached hydrogen (secondary N) is 2. The predicted octanol–water partition coefficient (Wildman–Crippen LogP) is 5.56. The van der Waals surface area contributed by atoms with Gasteiger partial charge in [-0.15, -0.1) is 0 Å². The molecule has 5 heterocycles. The summed E-state index contributed by atoms with van der Waals surface area (Å²) in [6, 6.07) is 15.8. The minimum atomic E-state index is 0.446. The van der Waals surface area contributed by atoms with Crippen LogP contribution < -0.4 is 10.2 Å². The van der Waals surface area contributed by atoms with Gasteiger partial charge in [0.1, 0.15) is 5.52 Å². The number of H-pyrrole nitrogens is 1. The van der Waals surface area contributed by atoms with Gasteiger partial charge < -0.3 is 19.8 Å². The van der Waals surface area contributed by atoms with E-state index in [1.807, 2.05) is 18.7 Å². The first-order chi connectivity index (χ1) is 17.8. The van der Waals surface area contributed by atoms with Crippen molar-refractivity contribution in [1.29, 1.82) is 0 Å². The average Bonchev–Trinajstić information content (AvgIpc) is 3.58. The van der Waals surface area contributed by atoms with Gasteiger partial charge in [-0.05, 0) is 68.5 Å². The molecule has 7 nitrogen and oxygen atoms in total. The number of nitrogens with zero attached hydrogens (tertiary/aromatic N) is 5. The first kappa shape index (κ1) is 21.6. The third-order valence-electron chi connectivity index (χ3n) is 7.82. The maximum absolute atomic E-state index is 5.06. The first-order valence-electron chi connectivity index (χ1n) is 13.2. The van der Waals surface area contributed by atoms with Gasteiger partial charge in [-0.25, -0.2) is 15.0 Å². The smallest absolute Gasteiger partial charge is 0.156 e. The van der Waals surface area contributed by atoms with Gasteiger partial charge in [-0.3, -0.25) is 0 Å². The SMILES string of the molecule is c1cc(N2CCCCC2)ccc1-c1cnc2[nH]cc(-c3ccc4ncn(C5CCCNC5)c4c3)c2n1. The molecule has 2 fully saturated rings. The maximum atomic E-state index is 5.06. The minimum Gasteiger partial charge on any atom is -0.372 e. The van der Waals surface area contributed by atoms with Gasteiger partial charge >= 0.3 is 0 Å². The molecule has 0 amide bonds. The van der Waals surface area contributed by atoms with Crippen LogP contribution in [0.2, 0.25) is 0 Å². The van der Waals surface area contributed by atoms with Crippen molar-refractivity contribution in [2.24, 2.45) is 0 Å². The number of fused-ring (bicyclic) bond motifs is 2. The summed E-state index contributed by atoms with van der Waals surface area (Å²) >= 11 is 0. The summed E-state index contributed by atoms with van der Waals surface area (Å²) in [6.45, 7) is 4.40. The highest BCUT2D eigenvalue weighted by Gasteiger charge is 2.18. The van der Waals surface area contributed by atoms with Crippen LogP contribution in [0.3, 0.4) is 0 Å². The van der Waals surface area contributed by atoms with Crippen molar-refractivity contribution in [3.05, 3.63) is 61.2 Å². The molecule has 7 rings (SSSR count). The van der Waals surface area contributed by atoms with Crippen LogP contribution in [-0.4, -0.2) is 50.7 Å². The van der Waals surface area contributed by atoms with Crippen molar-refractivity contribution in [2.75, 3.05) is 31.1 Å². The van der Waals surface area contributed by atoms with Gasteiger partial charge in [0.05, 0.1) is 29.3 Å². The molecular formula is C29H31N7. The largest absolute Gasteiger partial charge is 0.372 e. The van der Waals surface area contributed by atoms with E-state index in [0.717, 1.165) is 65.2 Å². The summed E-state index contributed by atoms with van der Waals surface area (Å²) in [6.07, 6.45) is 12.2. The number of aromatic nitrogens is 5. The Morgan fingerprint density at radius 2 is 1.75 bits per heavy atom. The Morgan fingerprint density at radius 1 is 0.889 bits per heavy atom. The second kappa shape index (κ2) is 9.06. The maximum Gasteiger partial charge on any atom is 0.156 e. The van der Waals surface area contributed by atoms with Crippen LogP contribution in [0.15, 0.2) is 61.2 Å². The molecule has 2 aliphatic heterocycles. The molecule has 0 radical (unpaired) electrons. The quantitative estimate of drug-likeness (QED) is 0.355. The van der Waals surface area contributed by atoms with Crippen molar-refractivity contribution in [1.82, 2.24) is 29.8 Å². The molecule has 0 bridgehead atoms. The average molecular weight is 478 g/mol. The van der Waals surface area contributed by atoms with Crippen molar-refractivity contribution < 1.29 is 0 Å². The van der Waals surface area contributed by atoms with Gasteiger partial charge in [0.15, 0.2) is 5.65 Å². The molecule has 0 saturated carbocycles. The Labute approximate surface area is 210 Å². The van der Waals surface area contributed by atoms with E-state index >= 15 is 0 Å². The molecule has 2 aromatic carbocycles. The molecule has 3 aromatic heterocycles. The number of aromatic amines is 1. The number of hydrogen-bond acceptors (Lipinski definition) is 5. The number of benzene rings is 2. The minimum absolute atomic E-state index is 0.446. The summed E-state index contributed by atoms with van der Waals surface area (Å²) < 4.78 is 2.33. The zero-order valence-electron chi connectivity index (χ0n) is 20.5. The Morgan fingerprint density at radius 3 is 2.58 bits per heavy atom. The molecule has 7 heteroatoms. The van der Waals surface area contributed by atoms with E-state index in [0.29, 0.717) is 6.04 Å². The molecule has 1 unspecified atom stereocenters. The highest BCUT2D eigenvalue weighted by molar-refractivity contribution is 5.94. The third-order valence-corrected chi connectivity index (χ3v) is 7.82. The fourth-order valence-electron chi connectivity index (χ4n) is 5.80. The number of anilines is 1. The molecule has 0 aliphatic carbocycles. The zero-order chi connectivity index (χ0) is 23.9. The van der Waals surface area contributed by atoms with Crippen molar-refractivity contribution in [2.45, 2.75) is 38.1 Å². The summed E-state index contributed by atoms with van der Waals surface area (Å²) in [5.41, 5.74) is 9.40. The van der Waals surface area contributed by atoms with E-state index in [1.54, 1.807) is 0 Å². The Bertz CT molecular complexity index is 1500. The van der Waals surface area contributed by atoms with Gasteiger partial charge in [0.25, 0.3) is 0 Å². The lowest BCUT2D eigenvalue weighted by atomic mass is 10.1. The van der Waals surface area contributed by atoms with E-state index < -0.39 is 0 Å². The molecular weight excluding hydrogens is 446 g/mol. The standard InChI is InChI=1S/C29H31N7/c1-2-13-35(14-3-1)22-9-6-20(7-10-22)26-18-32-29-28(34-26)24(17-31-29)21-8-11-25-27(15-21)36(19-33-25)23-5-4-12-30-16-23/h6-11,15,17-19,23,30H,1-5,12-14,16H2,(H,31,32). The second-order valence-corrected chi connectivity index (χ2v) is 10.1. The molecule has 0 spiro atoms. The number of imidazole rings is 1. The fourth-order valence-corrected chi connectivity index (χ4v) is 5.80. The van der Waals surface area contributed by atoms with Gasteiger partial charge in [0.2, 0.25) is 0 Å². The summed E-state index contributed by atoms with van der Waals surface area (Å²) in [7, 11) is 0. The molecule has 1 atom stereocenters. The van der Waals surface area contributed by atoms with Crippen LogP contribution in [-0.2, 0) is 0 Å². The van der Waals surface area contributed by atoms with Crippen LogP contribution in [0.25, 0.3) is 44.6 Å². The molecule has 2 saturated heterocycles. The van der Waals surface area contributed by atoms with Crippen LogP contribution in [0.5, 0.6) is 0 Å². The molecule has 182 valence electrons. The van der Waals surface area contributed by atoms with E-state index in [9.17, 15) is 0 Å². The van der Waals surface area contributed by atoms with Crippen molar-refractivity contribution in [3.63, 3.8) is 0 Å². The number of piperidine rings is 2. The van der Waals surface area contributed by atoms with Crippen molar-refractivity contribution >= 4 is 27.9 Å². The lowest BCUT2D eigenvalue weighted by molar-refractivity contribution is 0.378. The van der Waals surface area contributed by atoms with Crippen LogP contribution in [0, 0.1) is 0 Å². The van der Waals surface area contributed by atoms with E-state index in [1.165, 1.54) is 43.3 Å². The van der Waals surface area contributed by atoms with Crippen LogP contribution in [0.4, 0.5) is 5.69 Å². The fraction of sp³-hybridized carbons (Fsp3) is 0.345. The number of hydrogen-bond donors (Lipinski definition) is 2. The second-order valence-electron chi connectivity index (χ2n) is 10.1. The molecule has 5 aromatic rings. The lowest BCUT2D eigenvalue weighted by Crippen LogP contribution is -2.31. The van der Waals surface area contributed by atoms with E-state index in [4.69, 9.17) is 9.97 Å². The highest BCUT2D eigenvalue weighted by atomic mass is 15.1. The van der Waals surface area contributed by atoms with E-state index in [-0.39, 0.29) is 0 Å². The Hall–Kier alpha value is -3.71.